The fourth-order valence-corrected chi connectivity index (χ4v) is 2.36. The van der Waals surface area contributed by atoms with Gasteiger partial charge in [-0.05, 0) is 51.2 Å². The van der Waals surface area contributed by atoms with Gasteiger partial charge in [0.05, 0.1) is 6.04 Å². The van der Waals surface area contributed by atoms with E-state index in [9.17, 15) is 4.79 Å². The summed E-state index contributed by atoms with van der Waals surface area (Å²) in [6.07, 6.45) is 3.24. The van der Waals surface area contributed by atoms with Crippen LogP contribution in [0.1, 0.15) is 24.8 Å². The number of carbonyl (C=O) groups excluding carboxylic acids is 1. The normalized spacial score (nSPS) is 19.4. The largest absolute Gasteiger partial charge is 0.325 e. The van der Waals surface area contributed by atoms with Gasteiger partial charge < -0.3 is 15.5 Å². The molecule has 4 nitrogen and oxygen atoms in total. The van der Waals surface area contributed by atoms with Gasteiger partial charge in [-0.3, -0.25) is 4.79 Å². The molecular formula is C15H23N3O. The number of carbonyl (C=O) groups is 1. The van der Waals surface area contributed by atoms with E-state index in [1.807, 2.05) is 26.2 Å². The Bertz CT molecular complexity index is 408. The summed E-state index contributed by atoms with van der Waals surface area (Å²) in [5.74, 6) is 0.0834. The van der Waals surface area contributed by atoms with Crippen molar-refractivity contribution >= 4 is 11.6 Å². The molecule has 1 unspecified atom stereocenters. The Labute approximate surface area is 115 Å². The van der Waals surface area contributed by atoms with Gasteiger partial charge in [-0.15, -0.1) is 0 Å². The summed E-state index contributed by atoms with van der Waals surface area (Å²) in [6.45, 7) is 1.86. The van der Waals surface area contributed by atoms with Crippen LogP contribution < -0.4 is 10.6 Å². The summed E-state index contributed by atoms with van der Waals surface area (Å²) in [5.41, 5.74) is 2.12. The summed E-state index contributed by atoms with van der Waals surface area (Å²) in [5, 5.41) is 6.24. The maximum atomic E-state index is 12.0. The number of hydrogen-bond acceptors (Lipinski definition) is 3. The SMILES string of the molecule is CN(C)Cc1ccc(NC(=O)C2CCCCN2)cc1. The van der Waals surface area contributed by atoms with Gasteiger partial charge in [0.25, 0.3) is 0 Å². The van der Waals surface area contributed by atoms with Crippen LogP contribution in [-0.4, -0.2) is 37.5 Å². The lowest BCUT2D eigenvalue weighted by Gasteiger charge is -2.22. The Morgan fingerprint density at radius 2 is 2.05 bits per heavy atom. The highest BCUT2D eigenvalue weighted by molar-refractivity contribution is 5.94. The number of piperidine rings is 1. The minimum Gasteiger partial charge on any atom is -0.325 e. The van der Waals surface area contributed by atoms with Crippen molar-refractivity contribution in [2.24, 2.45) is 0 Å². The second kappa shape index (κ2) is 6.68. The molecule has 0 saturated carbocycles. The average Bonchev–Trinajstić information content (AvgIpc) is 2.41. The van der Waals surface area contributed by atoms with Crippen LogP contribution in [-0.2, 0) is 11.3 Å². The lowest BCUT2D eigenvalue weighted by molar-refractivity contribution is -0.118. The molecule has 1 aromatic carbocycles. The van der Waals surface area contributed by atoms with Gasteiger partial charge in [0, 0.05) is 12.2 Å². The van der Waals surface area contributed by atoms with Gasteiger partial charge in [0.1, 0.15) is 0 Å². The molecule has 1 fully saturated rings. The van der Waals surface area contributed by atoms with E-state index < -0.39 is 0 Å². The Kier molecular flexibility index (Phi) is 4.93. The van der Waals surface area contributed by atoms with Crippen molar-refractivity contribution in [3.8, 4) is 0 Å². The zero-order valence-electron chi connectivity index (χ0n) is 11.8. The second-order valence-corrected chi connectivity index (χ2v) is 5.43. The number of nitrogens with zero attached hydrogens (tertiary/aromatic N) is 1. The zero-order chi connectivity index (χ0) is 13.7. The molecule has 1 aliphatic rings. The van der Waals surface area contributed by atoms with Crippen LogP contribution >= 0.6 is 0 Å². The van der Waals surface area contributed by atoms with Crippen molar-refractivity contribution in [3.63, 3.8) is 0 Å². The minimum atomic E-state index is -0.0322. The van der Waals surface area contributed by atoms with Crippen LogP contribution in [0.2, 0.25) is 0 Å². The lowest BCUT2D eigenvalue weighted by atomic mass is 10.0. The van der Waals surface area contributed by atoms with E-state index in [1.54, 1.807) is 0 Å². The quantitative estimate of drug-likeness (QED) is 0.869. The molecule has 1 heterocycles. The van der Waals surface area contributed by atoms with Crippen LogP contribution in [0.5, 0.6) is 0 Å². The first-order chi connectivity index (χ1) is 9.15. The fourth-order valence-electron chi connectivity index (χ4n) is 2.36. The molecule has 4 heteroatoms. The third kappa shape index (κ3) is 4.33. The molecule has 1 saturated heterocycles. The predicted octanol–water partition coefficient (Wildman–Crippen LogP) is 1.83. The van der Waals surface area contributed by atoms with E-state index in [1.165, 1.54) is 12.0 Å². The van der Waals surface area contributed by atoms with Crippen LogP contribution in [0.25, 0.3) is 0 Å². The van der Waals surface area contributed by atoms with Crippen LogP contribution in [0.15, 0.2) is 24.3 Å². The summed E-state index contributed by atoms with van der Waals surface area (Å²) < 4.78 is 0. The van der Waals surface area contributed by atoms with E-state index in [4.69, 9.17) is 0 Å². The van der Waals surface area contributed by atoms with Crippen molar-refractivity contribution in [3.05, 3.63) is 29.8 Å². The molecule has 2 N–H and O–H groups in total. The molecule has 1 aliphatic heterocycles. The average molecular weight is 261 g/mol. The molecule has 104 valence electrons. The smallest absolute Gasteiger partial charge is 0.241 e. The van der Waals surface area contributed by atoms with E-state index in [-0.39, 0.29) is 11.9 Å². The Hall–Kier alpha value is -1.39. The van der Waals surface area contributed by atoms with Crippen molar-refractivity contribution in [1.29, 1.82) is 0 Å². The highest BCUT2D eigenvalue weighted by Gasteiger charge is 2.20. The Morgan fingerprint density at radius 1 is 1.32 bits per heavy atom. The van der Waals surface area contributed by atoms with Crippen LogP contribution in [0, 0.1) is 0 Å². The molecule has 0 spiro atoms. The van der Waals surface area contributed by atoms with E-state index in [0.29, 0.717) is 0 Å². The summed E-state index contributed by atoms with van der Waals surface area (Å²) in [7, 11) is 4.09. The van der Waals surface area contributed by atoms with Gasteiger partial charge in [-0.2, -0.15) is 0 Å². The molecule has 0 bridgehead atoms. The molecule has 1 amide bonds. The first kappa shape index (κ1) is 14.0. The molecule has 0 aromatic heterocycles. The molecule has 1 atom stereocenters. The first-order valence-electron chi connectivity index (χ1n) is 6.93. The molecule has 1 aromatic rings. The number of nitrogens with one attached hydrogen (secondary N) is 2. The fraction of sp³-hybridized carbons (Fsp3) is 0.533. The van der Waals surface area contributed by atoms with Gasteiger partial charge >= 0.3 is 0 Å². The van der Waals surface area contributed by atoms with Crippen molar-refractivity contribution in [1.82, 2.24) is 10.2 Å². The highest BCUT2D eigenvalue weighted by Crippen LogP contribution is 2.13. The van der Waals surface area contributed by atoms with Gasteiger partial charge in [0.15, 0.2) is 0 Å². The number of hydrogen-bond donors (Lipinski definition) is 2. The molecule has 2 rings (SSSR count). The topological polar surface area (TPSA) is 44.4 Å². The molecule has 19 heavy (non-hydrogen) atoms. The number of amides is 1. The van der Waals surface area contributed by atoms with E-state index in [0.717, 1.165) is 31.6 Å². The first-order valence-corrected chi connectivity index (χ1v) is 6.93. The van der Waals surface area contributed by atoms with Crippen LogP contribution in [0.4, 0.5) is 5.69 Å². The van der Waals surface area contributed by atoms with Gasteiger partial charge in [-0.1, -0.05) is 18.6 Å². The van der Waals surface area contributed by atoms with Crippen molar-refractivity contribution < 1.29 is 4.79 Å². The minimum absolute atomic E-state index is 0.0322. The number of anilines is 1. The standard InChI is InChI=1S/C15H23N3O/c1-18(2)11-12-6-8-13(9-7-12)17-15(19)14-5-3-4-10-16-14/h6-9,14,16H,3-5,10-11H2,1-2H3,(H,17,19). The molecule has 0 aliphatic carbocycles. The summed E-state index contributed by atoms with van der Waals surface area (Å²) in [4.78, 5) is 14.2. The third-order valence-electron chi connectivity index (χ3n) is 3.35. The lowest BCUT2D eigenvalue weighted by Crippen LogP contribution is -2.43. The second-order valence-electron chi connectivity index (χ2n) is 5.43. The monoisotopic (exact) mass is 261 g/mol. The Balaban J connectivity index is 1.89. The number of rotatable bonds is 4. The van der Waals surface area contributed by atoms with Gasteiger partial charge in [0.2, 0.25) is 5.91 Å². The third-order valence-corrected chi connectivity index (χ3v) is 3.35. The molecular weight excluding hydrogens is 238 g/mol. The zero-order valence-corrected chi connectivity index (χ0v) is 11.8. The number of benzene rings is 1. The predicted molar refractivity (Wildman–Crippen MR) is 78.1 cm³/mol. The highest BCUT2D eigenvalue weighted by atomic mass is 16.2. The van der Waals surface area contributed by atoms with Crippen molar-refractivity contribution in [2.45, 2.75) is 31.8 Å². The van der Waals surface area contributed by atoms with E-state index in [2.05, 4.69) is 27.7 Å². The summed E-state index contributed by atoms with van der Waals surface area (Å²) >= 11 is 0. The molecule has 0 radical (unpaired) electrons. The maximum Gasteiger partial charge on any atom is 0.241 e. The maximum absolute atomic E-state index is 12.0. The van der Waals surface area contributed by atoms with Crippen molar-refractivity contribution in [2.75, 3.05) is 26.0 Å². The Morgan fingerprint density at radius 3 is 2.63 bits per heavy atom. The van der Waals surface area contributed by atoms with E-state index >= 15 is 0 Å². The van der Waals surface area contributed by atoms with Crippen LogP contribution in [0.3, 0.4) is 0 Å². The van der Waals surface area contributed by atoms with Gasteiger partial charge in [-0.25, -0.2) is 0 Å². The summed E-state index contributed by atoms with van der Waals surface area (Å²) in [6, 6.07) is 8.03.